The molecule has 1 aromatic carbocycles. The van der Waals surface area contributed by atoms with Gasteiger partial charge in [0.15, 0.2) is 5.44 Å². The number of aryl methyl sites for hydroxylation is 1. The minimum atomic E-state index is -0.629. The molecule has 1 unspecified atom stereocenters. The molecule has 0 N–H and O–H groups in total. The van der Waals surface area contributed by atoms with Crippen LogP contribution in [0.15, 0.2) is 24.3 Å². The van der Waals surface area contributed by atoms with E-state index < -0.39 is 5.44 Å². The zero-order valence-corrected chi connectivity index (χ0v) is 8.23. The monoisotopic (exact) mass is 181 g/mol. The lowest BCUT2D eigenvalue weighted by molar-refractivity contribution is 0.168. The van der Waals surface area contributed by atoms with Crippen molar-refractivity contribution in [3.63, 3.8) is 0 Å². The Kier molecular flexibility index (Phi) is 3.63. The molecule has 0 aliphatic rings. The van der Waals surface area contributed by atoms with Crippen molar-refractivity contribution < 1.29 is 5.11 Å². The molecule has 1 radical (unpaired) electrons. The molecule has 0 aromatic heterocycles. The first-order valence-corrected chi connectivity index (χ1v) is 5.34. The highest BCUT2D eigenvalue weighted by molar-refractivity contribution is 7.98. The van der Waals surface area contributed by atoms with E-state index >= 15 is 0 Å². The maximum absolute atomic E-state index is 11.3. The molecule has 12 heavy (non-hydrogen) atoms. The van der Waals surface area contributed by atoms with Gasteiger partial charge >= 0.3 is 0 Å². The van der Waals surface area contributed by atoms with E-state index in [0.717, 1.165) is 12.0 Å². The Bertz CT molecular complexity index is 230. The summed E-state index contributed by atoms with van der Waals surface area (Å²) in [7, 11) is 0. The van der Waals surface area contributed by atoms with Crippen LogP contribution >= 0.6 is 11.8 Å². The summed E-state index contributed by atoms with van der Waals surface area (Å²) in [5, 5.41) is 11.3. The van der Waals surface area contributed by atoms with Crippen LogP contribution in [0.5, 0.6) is 0 Å². The molecule has 1 rings (SSSR count). The average molecular weight is 181 g/mol. The molecule has 65 valence electrons. The highest BCUT2D eigenvalue weighted by Crippen LogP contribution is 2.23. The van der Waals surface area contributed by atoms with Crippen LogP contribution < -0.4 is 0 Å². The molecule has 0 saturated carbocycles. The van der Waals surface area contributed by atoms with Crippen molar-refractivity contribution in [2.24, 2.45) is 0 Å². The van der Waals surface area contributed by atoms with Crippen LogP contribution in [0.3, 0.4) is 0 Å². The third-order valence-electron chi connectivity index (χ3n) is 1.87. The summed E-state index contributed by atoms with van der Waals surface area (Å²) >= 11 is 1.34. The van der Waals surface area contributed by atoms with E-state index in [1.807, 2.05) is 30.5 Å². The van der Waals surface area contributed by atoms with Crippen molar-refractivity contribution >= 4 is 11.8 Å². The zero-order chi connectivity index (χ0) is 8.97. The molecule has 0 aliphatic heterocycles. The van der Waals surface area contributed by atoms with Gasteiger partial charge in [0, 0.05) is 0 Å². The first-order valence-electron chi connectivity index (χ1n) is 4.05. The summed E-state index contributed by atoms with van der Waals surface area (Å²) in [6.07, 6.45) is 2.87. The summed E-state index contributed by atoms with van der Waals surface area (Å²) in [5.41, 5.74) is 1.53. The molecule has 0 aliphatic carbocycles. The maximum Gasteiger partial charge on any atom is 0.163 e. The molecule has 0 heterocycles. The normalized spacial score (nSPS) is 12.9. The summed E-state index contributed by atoms with van der Waals surface area (Å²) in [5.74, 6) is 0. The lowest BCUT2D eigenvalue weighted by atomic mass is 10.1. The number of thioether (sulfide) groups is 1. The Morgan fingerprint density at radius 1 is 1.33 bits per heavy atom. The molecule has 1 nitrogen and oxygen atoms in total. The van der Waals surface area contributed by atoms with Crippen LogP contribution in [0.4, 0.5) is 0 Å². The molecule has 0 saturated heterocycles. The number of rotatable bonds is 3. The molecule has 0 fully saturated rings. The van der Waals surface area contributed by atoms with E-state index in [-0.39, 0.29) is 0 Å². The number of hydrogen-bond acceptors (Lipinski definition) is 1. The lowest BCUT2D eigenvalue weighted by Crippen LogP contribution is -1.89. The first-order chi connectivity index (χ1) is 5.77. The van der Waals surface area contributed by atoms with Crippen LogP contribution in [-0.4, -0.2) is 6.26 Å². The van der Waals surface area contributed by atoms with Crippen LogP contribution in [0.2, 0.25) is 0 Å². The Hall–Kier alpha value is -0.470. The maximum atomic E-state index is 11.3. The Labute approximate surface area is 77.8 Å². The van der Waals surface area contributed by atoms with Crippen LogP contribution in [0.25, 0.3) is 0 Å². The minimum Gasteiger partial charge on any atom is -0.216 e. The Balaban J connectivity index is 2.77. The summed E-state index contributed by atoms with van der Waals surface area (Å²) in [6.45, 7) is 2.11. The van der Waals surface area contributed by atoms with Gasteiger partial charge < -0.3 is 0 Å². The Morgan fingerprint density at radius 3 is 2.33 bits per heavy atom. The van der Waals surface area contributed by atoms with Gasteiger partial charge in [-0.1, -0.05) is 31.2 Å². The van der Waals surface area contributed by atoms with Crippen LogP contribution in [0.1, 0.15) is 23.5 Å². The summed E-state index contributed by atoms with van der Waals surface area (Å²) in [6, 6.07) is 7.90. The van der Waals surface area contributed by atoms with Gasteiger partial charge in [0.05, 0.1) is 0 Å². The highest BCUT2D eigenvalue weighted by atomic mass is 32.2. The summed E-state index contributed by atoms with van der Waals surface area (Å²) < 4.78 is 0. The van der Waals surface area contributed by atoms with E-state index in [1.165, 1.54) is 17.3 Å². The van der Waals surface area contributed by atoms with Gasteiger partial charge in [-0.05, 0) is 23.8 Å². The molecular weight excluding hydrogens is 168 g/mol. The van der Waals surface area contributed by atoms with Gasteiger partial charge in [0.25, 0.3) is 0 Å². The fourth-order valence-electron chi connectivity index (χ4n) is 1.05. The summed E-state index contributed by atoms with van der Waals surface area (Å²) in [4.78, 5) is 0. The van der Waals surface area contributed by atoms with Gasteiger partial charge in [-0.25, -0.2) is 5.11 Å². The molecule has 0 spiro atoms. The van der Waals surface area contributed by atoms with Gasteiger partial charge in [0.2, 0.25) is 0 Å². The van der Waals surface area contributed by atoms with Crippen molar-refractivity contribution in [1.82, 2.24) is 0 Å². The smallest absolute Gasteiger partial charge is 0.163 e. The van der Waals surface area contributed by atoms with E-state index in [1.54, 1.807) is 0 Å². The second kappa shape index (κ2) is 4.53. The van der Waals surface area contributed by atoms with E-state index in [0.29, 0.717) is 0 Å². The standard InChI is InChI=1S/C10H13OS/c1-3-8-4-6-9(7-5-8)10(11)12-2/h4-7,10H,3H2,1-2H3. The molecular formula is C10H13OS. The van der Waals surface area contributed by atoms with Crippen molar-refractivity contribution in [3.05, 3.63) is 35.4 Å². The number of hydrogen-bond donors (Lipinski definition) is 0. The van der Waals surface area contributed by atoms with Crippen LogP contribution in [-0.2, 0) is 11.5 Å². The van der Waals surface area contributed by atoms with Crippen molar-refractivity contribution in [2.45, 2.75) is 18.8 Å². The third kappa shape index (κ3) is 2.26. The van der Waals surface area contributed by atoms with E-state index in [4.69, 9.17) is 0 Å². The van der Waals surface area contributed by atoms with Crippen molar-refractivity contribution in [1.29, 1.82) is 0 Å². The third-order valence-corrected chi connectivity index (χ3v) is 2.57. The lowest BCUT2D eigenvalue weighted by Gasteiger charge is -2.05. The first kappa shape index (κ1) is 9.62. The molecule has 1 aromatic rings. The second-order valence-electron chi connectivity index (χ2n) is 2.66. The minimum absolute atomic E-state index is 0.629. The zero-order valence-electron chi connectivity index (χ0n) is 7.41. The Morgan fingerprint density at radius 2 is 1.92 bits per heavy atom. The van der Waals surface area contributed by atoms with Gasteiger partial charge in [-0.2, -0.15) is 0 Å². The van der Waals surface area contributed by atoms with E-state index in [2.05, 4.69) is 6.92 Å². The second-order valence-corrected chi connectivity index (χ2v) is 3.56. The highest BCUT2D eigenvalue weighted by Gasteiger charge is 2.05. The molecule has 1 atom stereocenters. The largest absolute Gasteiger partial charge is 0.216 e. The van der Waals surface area contributed by atoms with Crippen molar-refractivity contribution in [3.8, 4) is 0 Å². The van der Waals surface area contributed by atoms with Gasteiger partial charge in [-0.3, -0.25) is 0 Å². The van der Waals surface area contributed by atoms with E-state index in [9.17, 15) is 5.11 Å². The fourth-order valence-corrected chi connectivity index (χ4v) is 1.48. The number of benzene rings is 1. The predicted molar refractivity (Wildman–Crippen MR) is 52.8 cm³/mol. The fraction of sp³-hybridized carbons (Fsp3) is 0.400. The average Bonchev–Trinajstić information content (AvgIpc) is 2.17. The quantitative estimate of drug-likeness (QED) is 0.656. The molecule has 0 amide bonds. The molecule has 2 heteroatoms. The van der Waals surface area contributed by atoms with Crippen molar-refractivity contribution in [2.75, 3.05) is 6.26 Å². The van der Waals surface area contributed by atoms with Gasteiger partial charge in [0.1, 0.15) is 0 Å². The van der Waals surface area contributed by atoms with Gasteiger partial charge in [-0.15, -0.1) is 11.8 Å². The predicted octanol–water partition coefficient (Wildman–Crippen LogP) is 3.04. The SMILES string of the molecule is CCc1ccc(C([O])SC)cc1. The molecule has 0 bridgehead atoms. The van der Waals surface area contributed by atoms with Crippen LogP contribution in [0, 0.1) is 0 Å². The topological polar surface area (TPSA) is 19.9 Å².